The maximum atomic E-state index is 5.99. The van der Waals surface area contributed by atoms with Crippen molar-refractivity contribution in [3.8, 4) is 5.75 Å². The number of nitrogens with two attached hydrogens (primary N) is 1. The van der Waals surface area contributed by atoms with Crippen LogP contribution in [-0.2, 0) is 0 Å². The Kier molecular flexibility index (Phi) is 1.96. The van der Waals surface area contributed by atoms with Crippen LogP contribution in [0.15, 0.2) is 24.5 Å². The van der Waals surface area contributed by atoms with E-state index in [2.05, 4.69) is 11.9 Å². The fourth-order valence-corrected chi connectivity index (χ4v) is 1.36. The lowest BCUT2D eigenvalue weighted by Crippen LogP contribution is -2.32. The number of ether oxygens (including phenoxy) is 1. The van der Waals surface area contributed by atoms with Crippen molar-refractivity contribution < 1.29 is 4.74 Å². The molecule has 3 nitrogen and oxygen atoms in total. The van der Waals surface area contributed by atoms with Crippen LogP contribution in [0, 0.1) is 5.92 Å². The quantitative estimate of drug-likeness (QED) is 0.756. The lowest BCUT2D eigenvalue weighted by molar-refractivity contribution is 0.270. The van der Waals surface area contributed by atoms with Gasteiger partial charge >= 0.3 is 0 Å². The molecule has 2 rings (SSSR count). The number of hydrogen-bond acceptors (Lipinski definition) is 3. The van der Waals surface area contributed by atoms with Gasteiger partial charge in [0.1, 0.15) is 12.4 Å². The van der Waals surface area contributed by atoms with Gasteiger partial charge in [-0.05, 0) is 24.5 Å². The minimum absolute atomic E-state index is 0.0875. The van der Waals surface area contributed by atoms with Gasteiger partial charge in [0.05, 0.1) is 11.7 Å². The van der Waals surface area contributed by atoms with Gasteiger partial charge in [-0.1, -0.05) is 6.92 Å². The van der Waals surface area contributed by atoms with Crippen molar-refractivity contribution >= 4 is 0 Å². The number of hydrogen-bond donors (Lipinski definition) is 1. The first-order valence-electron chi connectivity index (χ1n) is 4.52. The third-order valence-electron chi connectivity index (χ3n) is 2.65. The van der Waals surface area contributed by atoms with Gasteiger partial charge in [-0.2, -0.15) is 0 Å². The Morgan fingerprint density at radius 1 is 1.77 bits per heavy atom. The van der Waals surface area contributed by atoms with Gasteiger partial charge in [0, 0.05) is 6.20 Å². The summed E-state index contributed by atoms with van der Waals surface area (Å²) in [5, 5.41) is 0. The summed E-state index contributed by atoms with van der Waals surface area (Å²) in [5.74, 6) is 1.38. The maximum Gasteiger partial charge on any atom is 0.137 e. The zero-order valence-electron chi connectivity index (χ0n) is 7.73. The molecule has 0 spiro atoms. The molecule has 0 aromatic carbocycles. The summed E-state index contributed by atoms with van der Waals surface area (Å²) in [6, 6.07) is 3.75. The second kappa shape index (κ2) is 3.00. The monoisotopic (exact) mass is 178 g/mol. The summed E-state index contributed by atoms with van der Waals surface area (Å²) in [6.07, 6.45) is 4.49. The van der Waals surface area contributed by atoms with Crippen LogP contribution >= 0.6 is 0 Å². The molecule has 1 aromatic rings. The van der Waals surface area contributed by atoms with Crippen LogP contribution in [0.2, 0.25) is 0 Å². The van der Waals surface area contributed by atoms with E-state index in [1.165, 1.54) is 0 Å². The van der Waals surface area contributed by atoms with E-state index in [0.29, 0.717) is 12.5 Å². The van der Waals surface area contributed by atoms with Crippen molar-refractivity contribution in [1.82, 2.24) is 4.98 Å². The first-order chi connectivity index (χ1) is 6.21. The molecule has 0 amide bonds. The van der Waals surface area contributed by atoms with Crippen LogP contribution in [0.1, 0.15) is 13.3 Å². The predicted octanol–water partition coefficient (Wildman–Crippen LogP) is 1.20. The van der Waals surface area contributed by atoms with Gasteiger partial charge in [0.15, 0.2) is 0 Å². The smallest absolute Gasteiger partial charge is 0.137 e. The van der Waals surface area contributed by atoms with Crippen molar-refractivity contribution in [2.24, 2.45) is 11.7 Å². The molecule has 1 aromatic heterocycles. The van der Waals surface area contributed by atoms with Gasteiger partial charge in [-0.3, -0.25) is 4.98 Å². The third-order valence-corrected chi connectivity index (χ3v) is 2.65. The second-order valence-corrected chi connectivity index (χ2v) is 3.82. The van der Waals surface area contributed by atoms with E-state index in [4.69, 9.17) is 10.5 Å². The molecule has 1 aliphatic carbocycles. The average molecular weight is 178 g/mol. The highest BCUT2D eigenvalue weighted by Gasteiger charge is 2.48. The molecule has 0 saturated heterocycles. The highest BCUT2D eigenvalue weighted by molar-refractivity contribution is 5.17. The van der Waals surface area contributed by atoms with Crippen LogP contribution in [0.4, 0.5) is 0 Å². The molecular weight excluding hydrogens is 164 g/mol. The van der Waals surface area contributed by atoms with Crippen molar-refractivity contribution in [2.75, 3.05) is 6.61 Å². The Labute approximate surface area is 77.9 Å². The summed E-state index contributed by atoms with van der Waals surface area (Å²) in [5.41, 5.74) is 5.91. The molecule has 1 fully saturated rings. The minimum Gasteiger partial charge on any atom is -0.490 e. The van der Waals surface area contributed by atoms with E-state index in [1.54, 1.807) is 12.4 Å². The Morgan fingerprint density at radius 2 is 2.54 bits per heavy atom. The van der Waals surface area contributed by atoms with Crippen molar-refractivity contribution in [3.63, 3.8) is 0 Å². The molecule has 0 bridgehead atoms. The SMILES string of the molecule is C[C@@H]1C[C@@]1(N)COc1cccnc1. The molecule has 1 saturated carbocycles. The van der Waals surface area contributed by atoms with Gasteiger partial charge in [-0.25, -0.2) is 0 Å². The lowest BCUT2D eigenvalue weighted by atomic mass is 10.2. The minimum atomic E-state index is -0.0875. The fourth-order valence-electron chi connectivity index (χ4n) is 1.36. The van der Waals surface area contributed by atoms with Crippen molar-refractivity contribution in [2.45, 2.75) is 18.9 Å². The zero-order chi connectivity index (χ0) is 9.31. The summed E-state index contributed by atoms with van der Waals surface area (Å²) in [7, 11) is 0. The Balaban J connectivity index is 1.87. The summed E-state index contributed by atoms with van der Waals surface area (Å²) < 4.78 is 5.52. The van der Waals surface area contributed by atoms with Crippen LogP contribution in [0.25, 0.3) is 0 Å². The molecule has 0 aliphatic heterocycles. The standard InChI is InChI=1S/C10H14N2O/c1-8-5-10(8,11)7-13-9-3-2-4-12-6-9/h2-4,6,8H,5,7,11H2,1H3/t8-,10-/m1/s1. The molecule has 13 heavy (non-hydrogen) atoms. The third kappa shape index (κ3) is 1.80. The molecular formula is C10H14N2O. The van der Waals surface area contributed by atoms with E-state index in [9.17, 15) is 0 Å². The van der Waals surface area contributed by atoms with Gasteiger partial charge in [0.2, 0.25) is 0 Å². The van der Waals surface area contributed by atoms with Crippen molar-refractivity contribution in [3.05, 3.63) is 24.5 Å². The zero-order valence-corrected chi connectivity index (χ0v) is 7.73. The second-order valence-electron chi connectivity index (χ2n) is 3.82. The topological polar surface area (TPSA) is 48.1 Å². The average Bonchev–Trinajstić information content (AvgIpc) is 2.74. The maximum absolute atomic E-state index is 5.99. The molecule has 1 heterocycles. The Hall–Kier alpha value is -1.09. The van der Waals surface area contributed by atoms with E-state index in [0.717, 1.165) is 12.2 Å². The highest BCUT2D eigenvalue weighted by atomic mass is 16.5. The number of pyridine rings is 1. The van der Waals surface area contributed by atoms with Crippen LogP contribution < -0.4 is 10.5 Å². The van der Waals surface area contributed by atoms with E-state index in [-0.39, 0.29) is 5.54 Å². The molecule has 2 N–H and O–H groups in total. The largest absolute Gasteiger partial charge is 0.490 e. The predicted molar refractivity (Wildman–Crippen MR) is 50.4 cm³/mol. The Morgan fingerprint density at radius 3 is 3.08 bits per heavy atom. The molecule has 3 heteroatoms. The normalized spacial score (nSPS) is 31.4. The van der Waals surface area contributed by atoms with Gasteiger partial charge in [0.25, 0.3) is 0 Å². The first-order valence-corrected chi connectivity index (χ1v) is 4.52. The molecule has 2 atom stereocenters. The van der Waals surface area contributed by atoms with Crippen LogP contribution in [0.5, 0.6) is 5.75 Å². The molecule has 0 unspecified atom stereocenters. The van der Waals surface area contributed by atoms with Crippen LogP contribution in [-0.4, -0.2) is 17.1 Å². The number of rotatable bonds is 3. The van der Waals surface area contributed by atoms with Gasteiger partial charge < -0.3 is 10.5 Å². The first kappa shape index (κ1) is 8.51. The summed E-state index contributed by atoms with van der Waals surface area (Å²) in [4.78, 5) is 3.96. The van der Waals surface area contributed by atoms with E-state index < -0.39 is 0 Å². The van der Waals surface area contributed by atoms with Crippen LogP contribution in [0.3, 0.4) is 0 Å². The van der Waals surface area contributed by atoms with Gasteiger partial charge in [-0.15, -0.1) is 0 Å². The summed E-state index contributed by atoms with van der Waals surface area (Å²) >= 11 is 0. The molecule has 0 radical (unpaired) electrons. The van der Waals surface area contributed by atoms with Crippen molar-refractivity contribution in [1.29, 1.82) is 0 Å². The number of aromatic nitrogens is 1. The molecule has 70 valence electrons. The Bertz CT molecular complexity index is 288. The fraction of sp³-hybridized carbons (Fsp3) is 0.500. The highest BCUT2D eigenvalue weighted by Crippen LogP contribution is 2.40. The summed E-state index contributed by atoms with van der Waals surface area (Å²) in [6.45, 7) is 2.74. The molecule has 1 aliphatic rings. The van der Waals surface area contributed by atoms with E-state index in [1.807, 2.05) is 12.1 Å². The lowest BCUT2D eigenvalue weighted by Gasteiger charge is -2.11. The van der Waals surface area contributed by atoms with E-state index >= 15 is 0 Å². The number of nitrogens with zero attached hydrogens (tertiary/aromatic N) is 1.